The number of rotatable bonds is 6. The van der Waals surface area contributed by atoms with Crippen LogP contribution in [0.2, 0.25) is 5.02 Å². The van der Waals surface area contributed by atoms with Gasteiger partial charge in [-0.3, -0.25) is 0 Å². The van der Waals surface area contributed by atoms with Gasteiger partial charge in [0.1, 0.15) is 5.75 Å². The third kappa shape index (κ3) is 5.11. The first-order valence-corrected chi connectivity index (χ1v) is 8.46. The van der Waals surface area contributed by atoms with E-state index in [0.717, 1.165) is 11.3 Å². The molecule has 1 heterocycles. The van der Waals surface area contributed by atoms with Crippen LogP contribution in [0.3, 0.4) is 0 Å². The smallest absolute Gasteiger partial charge is 0.319 e. The fourth-order valence-electron chi connectivity index (χ4n) is 2.45. The van der Waals surface area contributed by atoms with E-state index in [2.05, 4.69) is 20.8 Å². The summed E-state index contributed by atoms with van der Waals surface area (Å²) in [5.41, 5.74) is 7.08. The standard InChI is InChI=1S/C18H18ClN5O3/c1-26-14-8-2-11(3-9-14)10-15(16-23-17(20)27-24-16)22-18(25)21-13-6-4-12(19)5-7-13/h2-9,15H,10H2,1H3,(H2,20,23,24)(H2,21,22,25). The van der Waals surface area contributed by atoms with E-state index in [4.69, 9.17) is 26.6 Å². The van der Waals surface area contributed by atoms with Gasteiger partial charge in [0.15, 0.2) is 5.82 Å². The second-order valence-corrected chi connectivity index (χ2v) is 6.14. The number of nitrogens with one attached hydrogen (secondary N) is 2. The first-order chi connectivity index (χ1) is 13.0. The minimum atomic E-state index is -0.535. The summed E-state index contributed by atoms with van der Waals surface area (Å²) in [5, 5.41) is 9.97. The fourth-order valence-corrected chi connectivity index (χ4v) is 2.58. The van der Waals surface area contributed by atoms with Crippen molar-refractivity contribution in [2.24, 2.45) is 0 Å². The van der Waals surface area contributed by atoms with E-state index in [1.54, 1.807) is 31.4 Å². The molecule has 0 aliphatic carbocycles. The Morgan fingerprint density at radius 3 is 2.52 bits per heavy atom. The third-order valence-corrected chi connectivity index (χ3v) is 4.03. The number of aromatic nitrogens is 2. The quantitative estimate of drug-likeness (QED) is 0.596. The number of urea groups is 1. The van der Waals surface area contributed by atoms with Crippen molar-refractivity contribution < 1.29 is 14.1 Å². The number of amides is 2. The lowest BCUT2D eigenvalue weighted by molar-refractivity contribution is 0.247. The number of nitrogens with zero attached hydrogens (tertiary/aromatic N) is 2. The molecule has 2 aromatic carbocycles. The summed E-state index contributed by atoms with van der Waals surface area (Å²) in [6.45, 7) is 0. The Labute approximate surface area is 160 Å². The topological polar surface area (TPSA) is 115 Å². The molecule has 0 spiro atoms. The van der Waals surface area contributed by atoms with Gasteiger partial charge in [-0.25, -0.2) is 4.79 Å². The summed E-state index contributed by atoms with van der Waals surface area (Å²) in [6.07, 6.45) is 0.441. The number of carbonyl (C=O) groups is 1. The monoisotopic (exact) mass is 387 g/mol. The molecule has 1 atom stereocenters. The summed E-state index contributed by atoms with van der Waals surface area (Å²) < 4.78 is 10.00. The van der Waals surface area contributed by atoms with Crippen LogP contribution in [-0.4, -0.2) is 23.3 Å². The van der Waals surface area contributed by atoms with Crippen LogP contribution in [0.25, 0.3) is 0 Å². The predicted molar refractivity (Wildman–Crippen MR) is 102 cm³/mol. The van der Waals surface area contributed by atoms with Gasteiger partial charge in [0.2, 0.25) is 0 Å². The van der Waals surface area contributed by atoms with Crippen LogP contribution < -0.4 is 21.1 Å². The molecule has 1 unspecified atom stereocenters. The van der Waals surface area contributed by atoms with Gasteiger partial charge in [-0.15, -0.1) is 0 Å². The van der Waals surface area contributed by atoms with E-state index in [-0.39, 0.29) is 11.8 Å². The first kappa shape index (κ1) is 18.5. The van der Waals surface area contributed by atoms with Gasteiger partial charge in [-0.2, -0.15) is 4.98 Å². The lowest BCUT2D eigenvalue weighted by Gasteiger charge is -2.16. The number of methoxy groups -OCH3 is 1. The van der Waals surface area contributed by atoms with E-state index >= 15 is 0 Å². The molecule has 0 bridgehead atoms. The maximum atomic E-state index is 12.4. The summed E-state index contributed by atoms with van der Waals surface area (Å²) >= 11 is 5.85. The zero-order chi connectivity index (χ0) is 19.2. The molecule has 0 aliphatic heterocycles. The van der Waals surface area contributed by atoms with Crippen LogP contribution in [0.15, 0.2) is 53.1 Å². The Kier molecular flexibility index (Phi) is 5.77. The van der Waals surface area contributed by atoms with Gasteiger partial charge in [0, 0.05) is 17.1 Å². The number of nitrogen functional groups attached to an aromatic ring is 1. The number of anilines is 2. The van der Waals surface area contributed by atoms with Crippen LogP contribution >= 0.6 is 11.6 Å². The van der Waals surface area contributed by atoms with Gasteiger partial charge >= 0.3 is 12.0 Å². The fraction of sp³-hybridized carbons (Fsp3) is 0.167. The molecule has 0 aliphatic rings. The lowest BCUT2D eigenvalue weighted by atomic mass is 10.1. The average molecular weight is 388 g/mol. The Morgan fingerprint density at radius 1 is 1.22 bits per heavy atom. The molecule has 0 saturated carbocycles. The highest BCUT2D eigenvalue weighted by atomic mass is 35.5. The summed E-state index contributed by atoms with van der Waals surface area (Å²) in [5.74, 6) is 1.03. The number of hydrogen-bond donors (Lipinski definition) is 3. The van der Waals surface area contributed by atoms with Crippen molar-refractivity contribution in [3.8, 4) is 5.75 Å². The molecule has 3 rings (SSSR count). The van der Waals surface area contributed by atoms with Crippen molar-refractivity contribution >= 4 is 29.3 Å². The van der Waals surface area contributed by atoms with E-state index in [1.807, 2.05) is 24.3 Å². The van der Waals surface area contributed by atoms with Gasteiger partial charge in [0.25, 0.3) is 0 Å². The number of nitrogens with two attached hydrogens (primary N) is 1. The van der Waals surface area contributed by atoms with Crippen molar-refractivity contribution in [1.82, 2.24) is 15.5 Å². The summed E-state index contributed by atoms with van der Waals surface area (Å²) in [7, 11) is 1.60. The maximum absolute atomic E-state index is 12.4. The van der Waals surface area contributed by atoms with Gasteiger partial charge in [0.05, 0.1) is 13.2 Å². The molecule has 140 valence electrons. The second kappa shape index (κ2) is 8.41. The first-order valence-electron chi connectivity index (χ1n) is 8.08. The highest BCUT2D eigenvalue weighted by Gasteiger charge is 2.21. The van der Waals surface area contributed by atoms with Crippen molar-refractivity contribution in [3.05, 3.63) is 64.9 Å². The highest BCUT2D eigenvalue weighted by molar-refractivity contribution is 6.30. The van der Waals surface area contributed by atoms with Crippen LogP contribution in [0, 0.1) is 0 Å². The van der Waals surface area contributed by atoms with Crippen molar-refractivity contribution in [2.45, 2.75) is 12.5 Å². The van der Waals surface area contributed by atoms with E-state index in [9.17, 15) is 4.79 Å². The molecule has 0 radical (unpaired) electrons. The number of carbonyl (C=O) groups excluding carboxylic acids is 1. The van der Waals surface area contributed by atoms with Crippen LogP contribution in [0.1, 0.15) is 17.4 Å². The number of hydrogen-bond acceptors (Lipinski definition) is 6. The Hall–Kier alpha value is -3.26. The highest BCUT2D eigenvalue weighted by Crippen LogP contribution is 2.20. The normalized spacial score (nSPS) is 11.6. The number of halogens is 1. The van der Waals surface area contributed by atoms with Crippen LogP contribution in [-0.2, 0) is 6.42 Å². The molecule has 3 aromatic rings. The average Bonchev–Trinajstić information content (AvgIpc) is 3.10. The minimum Gasteiger partial charge on any atom is -0.497 e. The van der Waals surface area contributed by atoms with Crippen molar-refractivity contribution in [3.63, 3.8) is 0 Å². The Morgan fingerprint density at radius 2 is 1.93 bits per heavy atom. The van der Waals surface area contributed by atoms with Gasteiger partial charge in [-0.1, -0.05) is 28.9 Å². The molecule has 1 aromatic heterocycles. The minimum absolute atomic E-state index is 0.0651. The van der Waals surface area contributed by atoms with E-state index < -0.39 is 12.1 Å². The molecule has 0 fully saturated rings. The number of benzene rings is 2. The molecular weight excluding hydrogens is 370 g/mol. The molecule has 9 heteroatoms. The molecule has 4 N–H and O–H groups in total. The predicted octanol–water partition coefficient (Wildman–Crippen LogP) is 3.42. The SMILES string of the molecule is COc1ccc(CC(NC(=O)Nc2ccc(Cl)cc2)c2noc(N)n2)cc1. The van der Waals surface area contributed by atoms with Crippen LogP contribution in [0.4, 0.5) is 16.5 Å². The van der Waals surface area contributed by atoms with Gasteiger partial charge < -0.3 is 25.6 Å². The molecule has 8 nitrogen and oxygen atoms in total. The second-order valence-electron chi connectivity index (χ2n) is 5.70. The molecule has 27 heavy (non-hydrogen) atoms. The van der Waals surface area contributed by atoms with Crippen molar-refractivity contribution in [1.29, 1.82) is 0 Å². The van der Waals surface area contributed by atoms with Gasteiger partial charge in [-0.05, 0) is 42.0 Å². The largest absolute Gasteiger partial charge is 0.497 e. The summed E-state index contributed by atoms with van der Waals surface area (Å²) in [4.78, 5) is 16.4. The van der Waals surface area contributed by atoms with E-state index in [0.29, 0.717) is 17.1 Å². The maximum Gasteiger partial charge on any atom is 0.319 e. The molecular formula is C18H18ClN5O3. The summed E-state index contributed by atoms with van der Waals surface area (Å²) in [6, 6.07) is 13.2. The van der Waals surface area contributed by atoms with Crippen LogP contribution in [0.5, 0.6) is 5.75 Å². The Bertz CT molecular complexity index is 896. The van der Waals surface area contributed by atoms with Crippen molar-refractivity contribution in [2.75, 3.05) is 18.2 Å². The zero-order valence-corrected chi connectivity index (χ0v) is 15.2. The number of ether oxygens (including phenoxy) is 1. The molecule has 0 saturated heterocycles. The molecule has 2 amide bonds. The zero-order valence-electron chi connectivity index (χ0n) is 14.5. The Balaban J connectivity index is 1.73. The lowest BCUT2D eigenvalue weighted by Crippen LogP contribution is -2.34. The third-order valence-electron chi connectivity index (χ3n) is 3.78. The van der Waals surface area contributed by atoms with E-state index in [1.165, 1.54) is 0 Å².